The van der Waals surface area contributed by atoms with Crippen LogP contribution in [0.15, 0.2) is 18.2 Å². The normalized spacial score (nSPS) is 16.5. The van der Waals surface area contributed by atoms with Crippen LogP contribution in [-0.4, -0.2) is 25.7 Å². The summed E-state index contributed by atoms with van der Waals surface area (Å²) in [5, 5.41) is 3.00. The number of hydrogen-bond acceptors (Lipinski definition) is 4. The Hall–Kier alpha value is -1.75. The summed E-state index contributed by atoms with van der Waals surface area (Å²) >= 11 is 0. The molecule has 1 amide bonds. The van der Waals surface area contributed by atoms with Crippen LogP contribution in [0.4, 0.5) is 0 Å². The smallest absolute Gasteiger partial charge is 0.258 e. The molecule has 2 rings (SSSR count). The van der Waals surface area contributed by atoms with Crippen molar-refractivity contribution in [2.24, 2.45) is 5.73 Å². The highest BCUT2D eigenvalue weighted by Crippen LogP contribution is 2.28. The molecular weight excluding hydrogens is 268 g/mol. The molecule has 1 aromatic rings. The summed E-state index contributed by atoms with van der Waals surface area (Å²) in [7, 11) is 1.59. The molecule has 1 aliphatic rings. The fraction of sp³-hybridized carbons (Fsp3) is 0.562. The summed E-state index contributed by atoms with van der Waals surface area (Å²) in [6.45, 7) is 1.89. The second-order valence-electron chi connectivity index (χ2n) is 5.53. The standard InChI is InChI=1S/C16H24N2O3/c1-11(17)14-8-7-13(20-2)9-15(14)21-10-16(19)18-12-5-3-4-6-12/h7-9,11-12H,3-6,10,17H2,1-2H3,(H,18,19)/t11-/m0/s1. The number of ether oxygens (including phenoxy) is 2. The topological polar surface area (TPSA) is 73.6 Å². The minimum absolute atomic E-state index is 0.00336. The molecule has 0 heterocycles. The van der Waals surface area contributed by atoms with E-state index in [4.69, 9.17) is 15.2 Å². The van der Waals surface area contributed by atoms with Gasteiger partial charge >= 0.3 is 0 Å². The van der Waals surface area contributed by atoms with E-state index in [0.717, 1.165) is 18.4 Å². The lowest BCUT2D eigenvalue weighted by molar-refractivity contribution is -0.123. The first-order valence-electron chi connectivity index (χ1n) is 7.46. The molecule has 1 aromatic carbocycles. The van der Waals surface area contributed by atoms with Crippen molar-refractivity contribution in [2.45, 2.75) is 44.7 Å². The molecule has 1 saturated carbocycles. The number of carbonyl (C=O) groups excluding carboxylic acids is 1. The fourth-order valence-corrected chi connectivity index (χ4v) is 2.63. The van der Waals surface area contributed by atoms with Crippen LogP contribution >= 0.6 is 0 Å². The van der Waals surface area contributed by atoms with Gasteiger partial charge in [-0.15, -0.1) is 0 Å². The van der Waals surface area contributed by atoms with Gasteiger partial charge < -0.3 is 20.5 Å². The van der Waals surface area contributed by atoms with E-state index in [0.29, 0.717) is 17.5 Å². The first-order valence-corrected chi connectivity index (χ1v) is 7.46. The Balaban J connectivity index is 1.95. The molecule has 1 fully saturated rings. The molecule has 0 spiro atoms. The Morgan fingerprint density at radius 3 is 2.76 bits per heavy atom. The van der Waals surface area contributed by atoms with Gasteiger partial charge in [0.1, 0.15) is 11.5 Å². The molecule has 5 heteroatoms. The van der Waals surface area contributed by atoms with Crippen LogP contribution in [0.3, 0.4) is 0 Å². The van der Waals surface area contributed by atoms with Crippen LogP contribution in [-0.2, 0) is 4.79 Å². The molecular formula is C16H24N2O3. The number of nitrogens with one attached hydrogen (secondary N) is 1. The third kappa shape index (κ3) is 4.36. The summed E-state index contributed by atoms with van der Waals surface area (Å²) in [4.78, 5) is 11.9. The van der Waals surface area contributed by atoms with Gasteiger partial charge in [0, 0.05) is 23.7 Å². The van der Waals surface area contributed by atoms with Gasteiger partial charge in [-0.1, -0.05) is 18.9 Å². The second kappa shape index (κ2) is 7.31. The summed E-state index contributed by atoms with van der Waals surface area (Å²) in [6, 6.07) is 5.61. The number of rotatable bonds is 6. The maximum absolute atomic E-state index is 11.9. The third-order valence-electron chi connectivity index (χ3n) is 3.79. The van der Waals surface area contributed by atoms with E-state index < -0.39 is 0 Å². The molecule has 0 saturated heterocycles. The van der Waals surface area contributed by atoms with Crippen molar-refractivity contribution in [1.82, 2.24) is 5.32 Å². The Kier molecular flexibility index (Phi) is 5.44. The molecule has 116 valence electrons. The van der Waals surface area contributed by atoms with Gasteiger partial charge in [-0.05, 0) is 25.8 Å². The summed E-state index contributed by atoms with van der Waals surface area (Å²) in [5.74, 6) is 1.21. The number of nitrogens with two attached hydrogens (primary N) is 1. The second-order valence-corrected chi connectivity index (χ2v) is 5.53. The Morgan fingerprint density at radius 2 is 2.14 bits per heavy atom. The molecule has 0 aliphatic heterocycles. The van der Waals surface area contributed by atoms with Gasteiger partial charge in [0.15, 0.2) is 6.61 Å². The van der Waals surface area contributed by atoms with E-state index in [2.05, 4.69) is 5.32 Å². The zero-order valence-corrected chi connectivity index (χ0v) is 12.7. The first kappa shape index (κ1) is 15.6. The first-order chi connectivity index (χ1) is 10.1. The van der Waals surface area contributed by atoms with E-state index in [1.807, 2.05) is 19.1 Å². The van der Waals surface area contributed by atoms with Gasteiger partial charge in [0.25, 0.3) is 5.91 Å². The predicted octanol–water partition coefficient (Wildman–Crippen LogP) is 2.15. The number of carbonyl (C=O) groups is 1. The quantitative estimate of drug-likeness (QED) is 0.842. The van der Waals surface area contributed by atoms with E-state index in [1.54, 1.807) is 13.2 Å². The average molecular weight is 292 g/mol. The lowest BCUT2D eigenvalue weighted by atomic mass is 10.1. The van der Waals surface area contributed by atoms with Crippen LogP contribution < -0.4 is 20.5 Å². The van der Waals surface area contributed by atoms with E-state index in [1.165, 1.54) is 12.8 Å². The van der Waals surface area contributed by atoms with Gasteiger partial charge in [0.05, 0.1) is 7.11 Å². The Morgan fingerprint density at radius 1 is 1.43 bits per heavy atom. The third-order valence-corrected chi connectivity index (χ3v) is 3.79. The van der Waals surface area contributed by atoms with Crippen LogP contribution in [0.25, 0.3) is 0 Å². The number of benzene rings is 1. The van der Waals surface area contributed by atoms with Crippen molar-refractivity contribution in [3.63, 3.8) is 0 Å². The maximum Gasteiger partial charge on any atom is 0.258 e. The molecule has 0 unspecified atom stereocenters. The molecule has 5 nitrogen and oxygen atoms in total. The summed E-state index contributed by atoms with van der Waals surface area (Å²) in [6.07, 6.45) is 4.51. The highest BCUT2D eigenvalue weighted by molar-refractivity contribution is 5.78. The number of hydrogen-bond donors (Lipinski definition) is 2. The molecule has 0 radical (unpaired) electrons. The molecule has 3 N–H and O–H groups in total. The van der Waals surface area contributed by atoms with Crippen molar-refractivity contribution in [1.29, 1.82) is 0 Å². The minimum Gasteiger partial charge on any atom is -0.497 e. The van der Waals surface area contributed by atoms with Crippen molar-refractivity contribution < 1.29 is 14.3 Å². The van der Waals surface area contributed by atoms with Gasteiger partial charge in [-0.2, -0.15) is 0 Å². The van der Waals surface area contributed by atoms with Crippen LogP contribution in [0.2, 0.25) is 0 Å². The van der Waals surface area contributed by atoms with Crippen LogP contribution in [0.5, 0.6) is 11.5 Å². The average Bonchev–Trinajstić information content (AvgIpc) is 2.97. The van der Waals surface area contributed by atoms with E-state index in [9.17, 15) is 4.79 Å². The Labute approximate surface area is 125 Å². The predicted molar refractivity (Wildman–Crippen MR) is 81.5 cm³/mol. The van der Waals surface area contributed by atoms with Crippen molar-refractivity contribution in [3.05, 3.63) is 23.8 Å². The van der Waals surface area contributed by atoms with E-state index >= 15 is 0 Å². The number of methoxy groups -OCH3 is 1. The van der Waals surface area contributed by atoms with Crippen LogP contribution in [0, 0.1) is 0 Å². The van der Waals surface area contributed by atoms with Gasteiger partial charge in [-0.25, -0.2) is 0 Å². The Bertz CT molecular complexity index is 482. The van der Waals surface area contributed by atoms with Crippen molar-refractivity contribution in [3.8, 4) is 11.5 Å². The monoisotopic (exact) mass is 292 g/mol. The minimum atomic E-state index is -0.163. The zero-order chi connectivity index (χ0) is 15.2. The maximum atomic E-state index is 11.9. The molecule has 0 bridgehead atoms. The van der Waals surface area contributed by atoms with E-state index in [-0.39, 0.29) is 18.6 Å². The van der Waals surface area contributed by atoms with Gasteiger partial charge in [0.2, 0.25) is 0 Å². The molecule has 0 aromatic heterocycles. The SMILES string of the molecule is COc1ccc([C@H](C)N)c(OCC(=O)NC2CCCC2)c1. The fourth-order valence-electron chi connectivity index (χ4n) is 2.63. The zero-order valence-electron chi connectivity index (χ0n) is 12.7. The molecule has 1 aliphatic carbocycles. The summed E-state index contributed by atoms with van der Waals surface area (Å²) in [5.41, 5.74) is 6.79. The lowest BCUT2D eigenvalue weighted by Crippen LogP contribution is -2.36. The molecule has 21 heavy (non-hydrogen) atoms. The highest BCUT2D eigenvalue weighted by Gasteiger charge is 2.18. The largest absolute Gasteiger partial charge is 0.497 e. The summed E-state index contributed by atoms with van der Waals surface area (Å²) < 4.78 is 10.8. The van der Waals surface area contributed by atoms with Crippen molar-refractivity contribution in [2.75, 3.05) is 13.7 Å². The molecule has 1 atom stereocenters. The van der Waals surface area contributed by atoms with Gasteiger partial charge in [-0.3, -0.25) is 4.79 Å². The highest BCUT2D eigenvalue weighted by atomic mass is 16.5. The van der Waals surface area contributed by atoms with Crippen LogP contribution in [0.1, 0.15) is 44.2 Å². The number of amides is 1. The van der Waals surface area contributed by atoms with Crippen molar-refractivity contribution >= 4 is 5.91 Å². The lowest BCUT2D eigenvalue weighted by Gasteiger charge is -2.16.